The van der Waals surface area contributed by atoms with Gasteiger partial charge < -0.3 is 14.4 Å². The summed E-state index contributed by atoms with van der Waals surface area (Å²) in [5.74, 6) is 1.34. The number of benzene rings is 3. The highest BCUT2D eigenvalue weighted by atomic mass is 16.5. The van der Waals surface area contributed by atoms with E-state index in [0.29, 0.717) is 31.3 Å². The van der Waals surface area contributed by atoms with E-state index in [1.165, 1.54) is 11.1 Å². The van der Waals surface area contributed by atoms with Crippen LogP contribution in [0.5, 0.6) is 11.6 Å². The highest BCUT2D eigenvalue weighted by Crippen LogP contribution is 2.34. The number of hydrogen-bond acceptors (Lipinski definition) is 6. The van der Waals surface area contributed by atoms with E-state index in [1.54, 1.807) is 6.33 Å². The fourth-order valence-corrected chi connectivity index (χ4v) is 4.71. The Labute approximate surface area is 224 Å². The van der Waals surface area contributed by atoms with Gasteiger partial charge in [-0.15, -0.1) is 0 Å². The van der Waals surface area contributed by atoms with Crippen molar-refractivity contribution in [3.8, 4) is 17.7 Å². The predicted octanol–water partition coefficient (Wildman–Crippen LogP) is 5.72. The second-order valence-corrected chi connectivity index (χ2v) is 9.86. The molecule has 3 aromatic carbocycles. The highest BCUT2D eigenvalue weighted by molar-refractivity contribution is 5.39. The van der Waals surface area contributed by atoms with Gasteiger partial charge in [0.2, 0.25) is 5.75 Å². The average molecular weight is 505 g/mol. The van der Waals surface area contributed by atoms with Crippen molar-refractivity contribution < 1.29 is 9.47 Å². The van der Waals surface area contributed by atoms with Crippen molar-refractivity contribution in [2.24, 2.45) is 5.92 Å². The summed E-state index contributed by atoms with van der Waals surface area (Å²) in [6, 6.07) is 31.2. The normalized spacial score (nSPS) is 14.3. The maximum atomic E-state index is 9.25. The van der Waals surface area contributed by atoms with Crippen LogP contribution < -0.4 is 9.47 Å². The lowest BCUT2D eigenvalue weighted by molar-refractivity contribution is 0.125. The van der Waals surface area contributed by atoms with Crippen LogP contribution in [0.3, 0.4) is 0 Å². The van der Waals surface area contributed by atoms with Crippen molar-refractivity contribution in [1.82, 2.24) is 14.9 Å². The minimum atomic E-state index is 0.121. The molecule has 0 aliphatic carbocycles. The zero-order valence-electron chi connectivity index (χ0n) is 21.7. The maximum absolute atomic E-state index is 9.25. The Morgan fingerprint density at radius 3 is 2.13 bits per heavy atom. The van der Waals surface area contributed by atoms with Crippen LogP contribution >= 0.6 is 0 Å². The zero-order chi connectivity index (χ0) is 26.2. The minimum absolute atomic E-state index is 0.121. The number of likely N-dealkylation sites (tertiary alicyclic amines) is 1. The Kier molecular flexibility index (Phi) is 8.27. The molecule has 192 valence electrons. The van der Waals surface area contributed by atoms with E-state index in [0.717, 1.165) is 36.5 Å². The third-order valence-electron chi connectivity index (χ3n) is 6.90. The Morgan fingerprint density at radius 1 is 0.868 bits per heavy atom. The summed E-state index contributed by atoms with van der Waals surface area (Å²) in [6.07, 6.45) is 2.23. The van der Waals surface area contributed by atoms with Crippen molar-refractivity contribution >= 4 is 0 Å². The molecule has 0 radical (unpaired) electrons. The first-order valence-electron chi connectivity index (χ1n) is 13.0. The molecule has 1 fully saturated rings. The first-order chi connectivity index (χ1) is 18.7. The highest BCUT2D eigenvalue weighted by Gasteiger charge is 2.30. The van der Waals surface area contributed by atoms with Gasteiger partial charge >= 0.3 is 0 Å². The summed E-state index contributed by atoms with van der Waals surface area (Å²) >= 11 is 0. The van der Waals surface area contributed by atoms with Crippen LogP contribution in [0.15, 0.2) is 91.3 Å². The van der Waals surface area contributed by atoms with Gasteiger partial charge in [0.15, 0.2) is 0 Å². The Bertz CT molecular complexity index is 1350. The van der Waals surface area contributed by atoms with Crippen molar-refractivity contribution in [3.63, 3.8) is 0 Å². The van der Waals surface area contributed by atoms with Gasteiger partial charge in [-0.3, -0.25) is 0 Å². The molecule has 1 unspecified atom stereocenters. The van der Waals surface area contributed by atoms with Gasteiger partial charge in [0, 0.05) is 32.0 Å². The molecule has 4 aromatic rings. The minimum Gasteiger partial charge on any atom is -0.482 e. The van der Waals surface area contributed by atoms with Gasteiger partial charge in [0.05, 0.1) is 17.7 Å². The molecule has 1 saturated heterocycles. The summed E-state index contributed by atoms with van der Waals surface area (Å²) in [5, 5.41) is 9.25. The van der Waals surface area contributed by atoms with Crippen LogP contribution in [0.2, 0.25) is 0 Å². The van der Waals surface area contributed by atoms with Gasteiger partial charge in [0.25, 0.3) is 5.88 Å². The molecule has 0 bridgehead atoms. The van der Waals surface area contributed by atoms with Gasteiger partial charge in [-0.25, -0.2) is 4.98 Å². The van der Waals surface area contributed by atoms with E-state index < -0.39 is 0 Å². The summed E-state index contributed by atoms with van der Waals surface area (Å²) < 4.78 is 12.5. The quantitative estimate of drug-likeness (QED) is 0.260. The largest absolute Gasteiger partial charge is 0.482 e. The van der Waals surface area contributed by atoms with Gasteiger partial charge in [0.1, 0.15) is 19.5 Å². The number of rotatable bonds is 11. The molecule has 2 heterocycles. The molecule has 1 atom stereocenters. The molecule has 0 spiro atoms. The first kappa shape index (κ1) is 25.4. The fraction of sp³-hybridized carbons (Fsp3) is 0.281. The van der Waals surface area contributed by atoms with Crippen molar-refractivity contribution in [3.05, 3.63) is 119 Å². The molecule has 1 aliphatic heterocycles. The van der Waals surface area contributed by atoms with Crippen LogP contribution in [-0.2, 0) is 19.6 Å². The molecule has 1 aromatic heterocycles. The average Bonchev–Trinajstić information content (AvgIpc) is 2.94. The van der Waals surface area contributed by atoms with Crippen molar-refractivity contribution in [1.29, 1.82) is 5.26 Å². The predicted molar refractivity (Wildman–Crippen MR) is 147 cm³/mol. The van der Waals surface area contributed by atoms with E-state index in [4.69, 9.17) is 9.47 Å². The van der Waals surface area contributed by atoms with Gasteiger partial charge in [-0.2, -0.15) is 10.2 Å². The van der Waals surface area contributed by atoms with Gasteiger partial charge in [-0.05, 0) is 23.6 Å². The lowest BCUT2D eigenvalue weighted by Crippen LogP contribution is -2.47. The second kappa shape index (κ2) is 12.4. The van der Waals surface area contributed by atoms with Crippen LogP contribution in [-0.4, -0.2) is 34.5 Å². The molecule has 0 amide bonds. The summed E-state index contributed by atoms with van der Waals surface area (Å²) in [6.45, 7) is 5.36. The first-order valence-corrected chi connectivity index (χ1v) is 13.0. The standard InChI is InChI=1S/C32H32N4O2/c1-24-12-14-28(15-13-24)29(20-36-18-27(17-33)19-36)16-30-31(37-21-25-8-4-2-5-9-25)32(35-23-34-30)38-22-26-10-6-3-7-11-26/h2-15,23,27,29H,16,18-22H2,1H3. The Balaban J connectivity index is 1.42. The SMILES string of the molecule is Cc1ccc(C(Cc2ncnc(OCc3ccccc3)c2OCc2ccccc2)CN2CC(C#N)C2)cc1. The molecule has 6 nitrogen and oxygen atoms in total. The summed E-state index contributed by atoms with van der Waals surface area (Å²) in [4.78, 5) is 11.5. The van der Waals surface area contributed by atoms with Crippen LogP contribution in [0.4, 0.5) is 0 Å². The number of ether oxygens (including phenoxy) is 2. The Hall–Kier alpha value is -4.21. The maximum Gasteiger partial charge on any atom is 0.260 e. The molecule has 1 aliphatic rings. The van der Waals surface area contributed by atoms with E-state index in [-0.39, 0.29) is 11.8 Å². The van der Waals surface area contributed by atoms with E-state index >= 15 is 0 Å². The van der Waals surface area contributed by atoms with Crippen molar-refractivity contribution in [2.45, 2.75) is 32.5 Å². The zero-order valence-corrected chi connectivity index (χ0v) is 21.7. The number of nitriles is 1. The molecule has 0 N–H and O–H groups in total. The van der Waals surface area contributed by atoms with E-state index in [9.17, 15) is 5.26 Å². The lowest BCUT2D eigenvalue weighted by atomic mass is 9.90. The second-order valence-electron chi connectivity index (χ2n) is 9.86. The summed E-state index contributed by atoms with van der Waals surface area (Å²) in [7, 11) is 0. The smallest absolute Gasteiger partial charge is 0.260 e. The van der Waals surface area contributed by atoms with E-state index in [2.05, 4.69) is 52.1 Å². The van der Waals surface area contributed by atoms with Crippen LogP contribution in [0.1, 0.15) is 33.9 Å². The Morgan fingerprint density at radius 2 is 1.50 bits per heavy atom. The number of hydrogen-bond donors (Lipinski definition) is 0. The molecule has 6 heteroatoms. The van der Waals surface area contributed by atoms with Crippen LogP contribution in [0, 0.1) is 24.2 Å². The molecule has 0 saturated carbocycles. The van der Waals surface area contributed by atoms with E-state index in [1.807, 2.05) is 60.7 Å². The molecule has 5 rings (SSSR count). The third-order valence-corrected chi connectivity index (χ3v) is 6.90. The summed E-state index contributed by atoms with van der Waals surface area (Å²) in [5.41, 5.74) is 5.42. The van der Waals surface area contributed by atoms with Crippen molar-refractivity contribution in [2.75, 3.05) is 19.6 Å². The number of aromatic nitrogens is 2. The fourth-order valence-electron chi connectivity index (χ4n) is 4.71. The number of aryl methyl sites for hydroxylation is 1. The van der Waals surface area contributed by atoms with Gasteiger partial charge in [-0.1, -0.05) is 90.5 Å². The third kappa shape index (κ3) is 6.56. The topological polar surface area (TPSA) is 71.3 Å². The number of nitrogens with zero attached hydrogens (tertiary/aromatic N) is 4. The molecular weight excluding hydrogens is 472 g/mol. The lowest BCUT2D eigenvalue weighted by Gasteiger charge is -2.38. The molecular formula is C32H32N4O2. The molecule has 38 heavy (non-hydrogen) atoms. The van der Waals surface area contributed by atoms with Crippen LogP contribution in [0.25, 0.3) is 0 Å². The monoisotopic (exact) mass is 504 g/mol.